The maximum Gasteiger partial charge on any atom is 0.225 e. The van der Waals surface area contributed by atoms with Crippen LogP contribution in [-0.2, 0) is 16.1 Å². The van der Waals surface area contributed by atoms with Gasteiger partial charge in [-0.15, -0.1) is 0 Å². The first-order valence-electron chi connectivity index (χ1n) is 8.54. The topological polar surface area (TPSA) is 60.4 Å². The number of rotatable bonds is 5. The number of ether oxygens (including phenoxy) is 2. The number of hydrogen-bond donors (Lipinski definition) is 0. The summed E-state index contributed by atoms with van der Waals surface area (Å²) in [5, 5.41) is 0. The minimum Gasteiger partial charge on any atom is -0.376 e. The van der Waals surface area contributed by atoms with Crippen molar-refractivity contribution in [2.45, 2.75) is 31.6 Å². The number of pyridine rings is 1. The second-order valence-corrected chi connectivity index (χ2v) is 6.36. The van der Waals surface area contributed by atoms with Crippen LogP contribution in [0.1, 0.15) is 18.4 Å². The van der Waals surface area contributed by atoms with Crippen molar-refractivity contribution in [3.63, 3.8) is 0 Å². The second kappa shape index (κ2) is 7.23. The Labute approximate surface area is 141 Å². The van der Waals surface area contributed by atoms with Crippen LogP contribution in [0.5, 0.6) is 0 Å². The third-order valence-electron chi connectivity index (χ3n) is 4.85. The van der Waals surface area contributed by atoms with Gasteiger partial charge in [0.2, 0.25) is 5.95 Å². The minimum absolute atomic E-state index is 0.205. The number of hydrogen-bond acceptors (Lipinski definition) is 6. The predicted octanol–water partition coefficient (Wildman–Crippen LogP) is 2.07. The van der Waals surface area contributed by atoms with E-state index in [0.29, 0.717) is 18.6 Å². The zero-order valence-electron chi connectivity index (χ0n) is 13.6. The predicted molar refractivity (Wildman–Crippen MR) is 89.5 cm³/mol. The van der Waals surface area contributed by atoms with E-state index >= 15 is 0 Å². The third-order valence-corrected chi connectivity index (χ3v) is 4.85. The molecule has 0 spiro atoms. The average molecular weight is 326 g/mol. The van der Waals surface area contributed by atoms with Gasteiger partial charge in [0.25, 0.3) is 0 Å². The zero-order chi connectivity index (χ0) is 16.2. The molecule has 3 atom stereocenters. The summed E-state index contributed by atoms with van der Waals surface area (Å²) in [6, 6.07) is 6.18. The zero-order valence-corrected chi connectivity index (χ0v) is 13.6. The highest BCUT2D eigenvalue weighted by atomic mass is 16.5. The van der Waals surface area contributed by atoms with Crippen molar-refractivity contribution >= 4 is 5.95 Å². The smallest absolute Gasteiger partial charge is 0.225 e. The highest BCUT2D eigenvalue weighted by molar-refractivity contribution is 5.33. The van der Waals surface area contributed by atoms with Gasteiger partial charge in [0.15, 0.2) is 0 Å². The standard InChI is InChI=1S/C18H22N4O2/c1-3-14(11-19-6-1)12-23-13-15-4-5-16-17(15)24-10-9-22(16)18-20-7-2-8-21-18/h1-3,6-8,11,15-17H,4-5,9-10,12-13H2/t15-,16-,17+/m0/s1. The van der Waals surface area contributed by atoms with Gasteiger partial charge in [0.05, 0.1) is 32.0 Å². The van der Waals surface area contributed by atoms with Crippen molar-refractivity contribution in [2.75, 3.05) is 24.7 Å². The molecule has 0 amide bonds. The summed E-state index contributed by atoms with van der Waals surface area (Å²) in [5.74, 6) is 1.24. The first kappa shape index (κ1) is 15.5. The van der Waals surface area contributed by atoms with E-state index < -0.39 is 0 Å². The fourth-order valence-corrected chi connectivity index (χ4v) is 3.74. The van der Waals surface area contributed by atoms with Crippen molar-refractivity contribution in [1.82, 2.24) is 15.0 Å². The van der Waals surface area contributed by atoms with Gasteiger partial charge >= 0.3 is 0 Å². The highest BCUT2D eigenvalue weighted by Crippen LogP contribution is 2.36. The molecule has 4 rings (SSSR count). The van der Waals surface area contributed by atoms with Gasteiger partial charge in [0.1, 0.15) is 0 Å². The highest BCUT2D eigenvalue weighted by Gasteiger charge is 2.43. The monoisotopic (exact) mass is 326 g/mol. The van der Waals surface area contributed by atoms with Gasteiger partial charge in [-0.25, -0.2) is 9.97 Å². The van der Waals surface area contributed by atoms with E-state index in [-0.39, 0.29) is 6.10 Å². The van der Waals surface area contributed by atoms with E-state index in [2.05, 4.69) is 19.9 Å². The van der Waals surface area contributed by atoms with Crippen LogP contribution in [0.25, 0.3) is 0 Å². The Morgan fingerprint density at radius 1 is 1.17 bits per heavy atom. The van der Waals surface area contributed by atoms with Crippen LogP contribution in [0.2, 0.25) is 0 Å². The number of aromatic nitrogens is 3. The minimum atomic E-state index is 0.205. The molecule has 2 aromatic heterocycles. The molecule has 0 unspecified atom stereocenters. The lowest BCUT2D eigenvalue weighted by Crippen LogP contribution is -2.51. The third kappa shape index (κ3) is 3.25. The Morgan fingerprint density at radius 2 is 2.08 bits per heavy atom. The molecular formula is C18H22N4O2. The van der Waals surface area contributed by atoms with Crippen LogP contribution in [0.15, 0.2) is 43.0 Å². The maximum atomic E-state index is 6.08. The molecule has 0 aromatic carbocycles. The molecule has 0 radical (unpaired) electrons. The second-order valence-electron chi connectivity index (χ2n) is 6.36. The van der Waals surface area contributed by atoms with Crippen LogP contribution < -0.4 is 4.90 Å². The van der Waals surface area contributed by atoms with E-state index in [9.17, 15) is 0 Å². The van der Waals surface area contributed by atoms with Crippen molar-refractivity contribution in [2.24, 2.45) is 5.92 Å². The molecule has 1 aliphatic carbocycles. The molecule has 6 heteroatoms. The van der Waals surface area contributed by atoms with Crippen molar-refractivity contribution in [3.8, 4) is 0 Å². The largest absolute Gasteiger partial charge is 0.376 e. The SMILES string of the molecule is c1cnc(N2CCO[C@@H]3[C@H](COCc4cccnc4)CC[C@@H]32)nc1. The van der Waals surface area contributed by atoms with Gasteiger partial charge in [-0.2, -0.15) is 0 Å². The number of nitrogens with zero attached hydrogens (tertiary/aromatic N) is 4. The first-order valence-corrected chi connectivity index (χ1v) is 8.54. The molecule has 2 aliphatic rings. The summed E-state index contributed by atoms with van der Waals surface area (Å²) in [5.41, 5.74) is 1.11. The van der Waals surface area contributed by atoms with E-state index in [1.807, 2.05) is 24.4 Å². The summed E-state index contributed by atoms with van der Waals surface area (Å²) in [6.45, 7) is 2.90. The fraction of sp³-hybridized carbons (Fsp3) is 0.500. The van der Waals surface area contributed by atoms with E-state index in [0.717, 1.165) is 44.1 Å². The maximum absolute atomic E-state index is 6.08. The summed E-state index contributed by atoms with van der Waals surface area (Å²) >= 11 is 0. The number of fused-ring (bicyclic) bond motifs is 1. The molecule has 1 aliphatic heterocycles. The van der Waals surface area contributed by atoms with E-state index in [1.165, 1.54) is 0 Å². The molecule has 1 saturated heterocycles. The van der Waals surface area contributed by atoms with Crippen LogP contribution >= 0.6 is 0 Å². The molecular weight excluding hydrogens is 304 g/mol. The fourth-order valence-electron chi connectivity index (χ4n) is 3.74. The van der Waals surface area contributed by atoms with Gasteiger partial charge in [-0.05, 0) is 30.5 Å². The van der Waals surface area contributed by atoms with Crippen LogP contribution in [0.3, 0.4) is 0 Å². The Hall–Kier alpha value is -2.05. The summed E-state index contributed by atoms with van der Waals surface area (Å²) in [6.07, 6.45) is 9.66. The molecule has 126 valence electrons. The van der Waals surface area contributed by atoms with Crippen LogP contribution in [-0.4, -0.2) is 46.9 Å². The average Bonchev–Trinajstić information content (AvgIpc) is 3.07. The lowest BCUT2D eigenvalue weighted by Gasteiger charge is -2.39. The lowest BCUT2D eigenvalue weighted by atomic mass is 10.0. The van der Waals surface area contributed by atoms with Gasteiger partial charge in [-0.3, -0.25) is 4.98 Å². The summed E-state index contributed by atoms with van der Waals surface area (Å²) < 4.78 is 12.0. The molecule has 3 heterocycles. The number of morpholine rings is 1. The van der Waals surface area contributed by atoms with Crippen LogP contribution in [0, 0.1) is 5.92 Å². The number of anilines is 1. The Morgan fingerprint density at radius 3 is 2.92 bits per heavy atom. The van der Waals surface area contributed by atoms with Crippen molar-refractivity contribution in [3.05, 3.63) is 48.5 Å². The van der Waals surface area contributed by atoms with Gasteiger partial charge < -0.3 is 14.4 Å². The molecule has 6 nitrogen and oxygen atoms in total. The molecule has 2 fully saturated rings. The van der Waals surface area contributed by atoms with Crippen molar-refractivity contribution < 1.29 is 9.47 Å². The van der Waals surface area contributed by atoms with E-state index in [1.54, 1.807) is 18.6 Å². The summed E-state index contributed by atoms with van der Waals surface area (Å²) in [4.78, 5) is 15.2. The van der Waals surface area contributed by atoms with Crippen LogP contribution in [0.4, 0.5) is 5.95 Å². The summed E-state index contributed by atoms with van der Waals surface area (Å²) in [7, 11) is 0. The lowest BCUT2D eigenvalue weighted by molar-refractivity contribution is -0.0311. The molecule has 2 aromatic rings. The van der Waals surface area contributed by atoms with E-state index in [4.69, 9.17) is 9.47 Å². The van der Waals surface area contributed by atoms with Gasteiger partial charge in [0, 0.05) is 37.3 Å². The molecule has 0 N–H and O–H groups in total. The normalized spacial score (nSPS) is 26.3. The Kier molecular flexibility index (Phi) is 4.66. The Bertz CT molecular complexity index is 640. The first-order chi connectivity index (χ1) is 11.9. The quantitative estimate of drug-likeness (QED) is 0.838. The van der Waals surface area contributed by atoms with Gasteiger partial charge in [-0.1, -0.05) is 6.07 Å². The molecule has 24 heavy (non-hydrogen) atoms. The molecule has 1 saturated carbocycles. The molecule has 0 bridgehead atoms. The Balaban J connectivity index is 1.36. The van der Waals surface area contributed by atoms with Crippen molar-refractivity contribution in [1.29, 1.82) is 0 Å².